The van der Waals surface area contributed by atoms with Gasteiger partial charge in [-0.15, -0.1) is 0 Å². The number of aromatic nitrogens is 2. The summed E-state index contributed by atoms with van der Waals surface area (Å²) in [6, 6.07) is 52.6. The number of furan rings is 1. The lowest BCUT2D eigenvalue weighted by Gasteiger charge is -2.40. The van der Waals surface area contributed by atoms with Crippen LogP contribution in [0.25, 0.3) is 71.4 Å². The van der Waals surface area contributed by atoms with E-state index in [4.69, 9.17) is 4.42 Å². The lowest BCUT2D eigenvalue weighted by molar-refractivity contribution is 0.590. The van der Waals surface area contributed by atoms with Gasteiger partial charge in [0, 0.05) is 60.6 Å². The van der Waals surface area contributed by atoms with Crippen LogP contribution in [0.3, 0.4) is 0 Å². The Morgan fingerprint density at radius 2 is 1.08 bits per heavy atom. The van der Waals surface area contributed by atoms with Gasteiger partial charge in [0.05, 0.1) is 16.7 Å². The molecule has 12 rings (SSSR count). The van der Waals surface area contributed by atoms with E-state index < -0.39 is 0 Å². The average Bonchev–Trinajstić information content (AvgIpc) is 3.89. The van der Waals surface area contributed by atoms with E-state index in [9.17, 15) is 0 Å². The maximum Gasteiger partial charge on any atom is 0.375 e. The number of fused-ring (bicyclic) bond motifs is 13. The van der Waals surface area contributed by atoms with Crippen molar-refractivity contribution >= 4 is 89.6 Å². The Balaban J connectivity index is 1.32. The SMILES string of the molecule is CC(C)(C)c1ccc(N2c3cc(C(C)(C)C)cc4c3B(c3oc5ccc(C(C)(C)C)cc5c32)n2c3ccccc3c3cc5c6ccccc6n(-c6ccccc6)c5c-4c32)cc1. The highest BCUT2D eigenvalue weighted by atomic mass is 16.3. The molecule has 0 N–H and O–H groups in total. The lowest BCUT2D eigenvalue weighted by atomic mass is 9.47. The van der Waals surface area contributed by atoms with Gasteiger partial charge in [0.15, 0.2) is 0 Å². The molecule has 5 heteroatoms. The second-order valence-corrected chi connectivity index (χ2v) is 20.6. The van der Waals surface area contributed by atoms with Gasteiger partial charge in [0.25, 0.3) is 0 Å². The summed E-state index contributed by atoms with van der Waals surface area (Å²) < 4.78 is 12.5. The highest BCUT2D eigenvalue weighted by molar-refractivity contribution is 6.89. The molecule has 10 aromatic rings. The summed E-state index contributed by atoms with van der Waals surface area (Å²) in [7, 11) is 0. The van der Waals surface area contributed by atoms with Crippen LogP contribution in [0.5, 0.6) is 0 Å². The Morgan fingerprint density at radius 3 is 1.77 bits per heavy atom. The van der Waals surface area contributed by atoms with Crippen LogP contribution in [-0.2, 0) is 16.2 Å². The Kier molecular flexibility index (Phi) is 7.22. The minimum Gasteiger partial charge on any atom is -0.466 e. The van der Waals surface area contributed by atoms with Gasteiger partial charge >= 0.3 is 6.85 Å². The zero-order valence-electron chi connectivity index (χ0n) is 36.6. The molecule has 298 valence electrons. The Morgan fingerprint density at radius 1 is 0.475 bits per heavy atom. The van der Waals surface area contributed by atoms with E-state index in [0.29, 0.717) is 0 Å². The monoisotopic (exact) mass is 791 g/mol. The normalized spacial score (nSPS) is 13.9. The van der Waals surface area contributed by atoms with Crippen molar-refractivity contribution < 1.29 is 4.42 Å². The summed E-state index contributed by atoms with van der Waals surface area (Å²) in [4.78, 5) is 2.55. The second-order valence-electron chi connectivity index (χ2n) is 20.6. The predicted molar refractivity (Wildman–Crippen MR) is 260 cm³/mol. The zero-order chi connectivity index (χ0) is 41.9. The van der Waals surface area contributed by atoms with Gasteiger partial charge in [-0.1, -0.05) is 141 Å². The third-order valence-electron chi connectivity index (χ3n) is 13.7. The van der Waals surface area contributed by atoms with E-state index in [0.717, 1.165) is 33.7 Å². The van der Waals surface area contributed by atoms with Gasteiger partial charge < -0.3 is 18.4 Å². The molecule has 0 spiro atoms. The molecule has 0 bridgehead atoms. The first kappa shape index (κ1) is 36.4. The third kappa shape index (κ3) is 5.01. The van der Waals surface area contributed by atoms with E-state index in [1.807, 2.05) is 0 Å². The summed E-state index contributed by atoms with van der Waals surface area (Å²) in [6.07, 6.45) is 0. The molecule has 3 aromatic heterocycles. The summed E-state index contributed by atoms with van der Waals surface area (Å²) >= 11 is 0. The molecule has 0 atom stereocenters. The molecular formula is C56H50BN3O. The highest BCUT2D eigenvalue weighted by Crippen LogP contribution is 2.52. The van der Waals surface area contributed by atoms with E-state index >= 15 is 0 Å². The van der Waals surface area contributed by atoms with E-state index in [2.05, 4.69) is 216 Å². The van der Waals surface area contributed by atoms with Gasteiger partial charge in [0.2, 0.25) is 0 Å². The number of rotatable bonds is 2. The molecule has 0 fully saturated rings. The van der Waals surface area contributed by atoms with Gasteiger partial charge in [0.1, 0.15) is 11.2 Å². The Hall–Kier alpha value is -6.46. The van der Waals surface area contributed by atoms with Crippen molar-refractivity contribution in [1.82, 2.24) is 9.05 Å². The van der Waals surface area contributed by atoms with Crippen molar-refractivity contribution in [3.8, 4) is 16.8 Å². The molecule has 2 aliphatic heterocycles. The van der Waals surface area contributed by atoms with Crippen LogP contribution in [0, 0.1) is 0 Å². The van der Waals surface area contributed by atoms with Gasteiger partial charge in [-0.3, -0.25) is 0 Å². The summed E-state index contributed by atoms with van der Waals surface area (Å²) in [5.74, 6) is 0. The molecule has 0 saturated carbocycles. The number of para-hydroxylation sites is 3. The Labute approximate surface area is 358 Å². The smallest absolute Gasteiger partial charge is 0.375 e. The molecule has 2 aliphatic rings. The maximum atomic E-state index is 7.36. The summed E-state index contributed by atoms with van der Waals surface area (Å²) in [5, 5.41) is 6.21. The van der Waals surface area contributed by atoms with E-state index in [1.54, 1.807) is 0 Å². The topological polar surface area (TPSA) is 26.2 Å². The molecule has 4 nitrogen and oxygen atoms in total. The van der Waals surface area contributed by atoms with Gasteiger partial charge in [-0.25, -0.2) is 0 Å². The molecule has 0 amide bonds. The van der Waals surface area contributed by atoms with Gasteiger partial charge in [-0.05, 0) is 105 Å². The van der Waals surface area contributed by atoms with Crippen LogP contribution >= 0.6 is 0 Å². The van der Waals surface area contributed by atoms with Crippen LogP contribution < -0.4 is 16.0 Å². The first-order chi connectivity index (χ1) is 29.2. The van der Waals surface area contributed by atoms with Crippen molar-refractivity contribution in [2.45, 2.75) is 78.6 Å². The second kappa shape index (κ2) is 12.1. The van der Waals surface area contributed by atoms with Gasteiger partial charge in [-0.2, -0.15) is 0 Å². The number of hydrogen-bond acceptors (Lipinski definition) is 2. The third-order valence-corrected chi connectivity index (χ3v) is 13.7. The molecule has 5 heterocycles. The first-order valence-corrected chi connectivity index (χ1v) is 21.9. The average molecular weight is 792 g/mol. The molecule has 61 heavy (non-hydrogen) atoms. The molecule has 0 aliphatic carbocycles. The minimum absolute atomic E-state index is 0.0269. The standard InChI is InChI=1S/C56H50BN3O/c1-54(2,3)33-23-26-37(27-24-33)59-46-31-35(56(7,8)9)30-43-48-50-40(38-19-13-15-21-44(38)58(50)36-17-11-10-12-18-36)32-41-39-20-14-16-22-45(39)60(51(41)48)57(49(43)46)53-52(59)42-29-34(55(4,5)6)25-28-47(42)61-53/h10-32H,1-9H3. The summed E-state index contributed by atoms with van der Waals surface area (Å²) in [6.45, 7) is 20.7. The fourth-order valence-corrected chi connectivity index (χ4v) is 10.6. The number of anilines is 3. The number of hydrogen-bond donors (Lipinski definition) is 0. The largest absolute Gasteiger partial charge is 0.466 e. The van der Waals surface area contributed by atoms with Crippen LogP contribution in [0.2, 0.25) is 0 Å². The molecule has 0 saturated heterocycles. The Bertz CT molecular complexity index is 3470. The highest BCUT2D eigenvalue weighted by Gasteiger charge is 2.48. The predicted octanol–water partition coefficient (Wildman–Crippen LogP) is 13.9. The first-order valence-electron chi connectivity index (χ1n) is 21.9. The van der Waals surface area contributed by atoms with Crippen LogP contribution in [0.4, 0.5) is 17.1 Å². The summed E-state index contributed by atoms with van der Waals surface area (Å²) in [5.41, 5.74) is 19.1. The molecular weight excluding hydrogens is 741 g/mol. The van der Waals surface area contributed by atoms with E-state index in [-0.39, 0.29) is 23.1 Å². The van der Waals surface area contributed by atoms with Crippen molar-refractivity contribution in [3.05, 3.63) is 156 Å². The molecule has 0 unspecified atom stereocenters. The van der Waals surface area contributed by atoms with Crippen molar-refractivity contribution in [1.29, 1.82) is 0 Å². The number of benzene rings is 7. The maximum absolute atomic E-state index is 7.36. The fraction of sp³-hybridized carbons (Fsp3) is 0.214. The van der Waals surface area contributed by atoms with Crippen LogP contribution in [-0.4, -0.2) is 15.9 Å². The molecule has 0 radical (unpaired) electrons. The minimum atomic E-state index is -0.202. The molecule has 7 aromatic carbocycles. The van der Waals surface area contributed by atoms with Crippen LogP contribution in [0.1, 0.15) is 79.0 Å². The zero-order valence-corrected chi connectivity index (χ0v) is 36.6. The fourth-order valence-electron chi connectivity index (χ4n) is 10.6. The van der Waals surface area contributed by atoms with Crippen molar-refractivity contribution in [2.75, 3.05) is 4.90 Å². The van der Waals surface area contributed by atoms with E-state index in [1.165, 1.54) is 82.6 Å². The lowest BCUT2D eigenvalue weighted by Crippen LogP contribution is -2.56. The quantitative estimate of drug-likeness (QED) is 0.163. The van der Waals surface area contributed by atoms with Crippen molar-refractivity contribution in [2.24, 2.45) is 0 Å². The van der Waals surface area contributed by atoms with Crippen molar-refractivity contribution in [3.63, 3.8) is 0 Å². The number of nitrogens with zero attached hydrogens (tertiary/aromatic N) is 3. The van der Waals surface area contributed by atoms with Crippen LogP contribution in [0.15, 0.2) is 144 Å².